The highest BCUT2D eigenvalue weighted by molar-refractivity contribution is 7.13. The Labute approximate surface area is 283 Å². The fraction of sp³-hybridized carbons (Fsp3) is 0.657. The number of carbonyl (C=O) groups excluding carboxylic acids is 3. The second kappa shape index (κ2) is 15.5. The van der Waals surface area contributed by atoms with E-state index in [1.54, 1.807) is 11.3 Å². The lowest BCUT2D eigenvalue weighted by atomic mass is 9.85. The summed E-state index contributed by atoms with van der Waals surface area (Å²) in [5, 5.41) is 20.1. The molecule has 0 spiro atoms. The maximum Gasteiger partial charge on any atom is 0.246 e. The van der Waals surface area contributed by atoms with Gasteiger partial charge in [0.15, 0.2) is 0 Å². The van der Waals surface area contributed by atoms with Gasteiger partial charge in [-0.15, -0.1) is 11.3 Å². The zero-order chi connectivity index (χ0) is 33.7. The van der Waals surface area contributed by atoms with Gasteiger partial charge in [-0.1, -0.05) is 45.0 Å². The van der Waals surface area contributed by atoms with Crippen LogP contribution in [-0.4, -0.2) is 120 Å². The maximum absolute atomic E-state index is 14.0. The summed E-state index contributed by atoms with van der Waals surface area (Å²) in [6.07, 6.45) is 1.47. The topological polar surface area (TPSA) is 130 Å². The van der Waals surface area contributed by atoms with E-state index in [4.69, 9.17) is 0 Å². The summed E-state index contributed by atoms with van der Waals surface area (Å²) in [5.74, 6) is -0.192. The van der Waals surface area contributed by atoms with Gasteiger partial charge in [-0.3, -0.25) is 19.3 Å². The standard InChI is InChI=1S/C35H53N7O4S/c1-23(26-6-8-27(9-7-26)31-24(2)37-22-47-31)38-33(45)29-18-28(43)20-42(29)34(46)32(35(3,4)5)39-30(44)21-40-14-10-25(11-15-40)19-41-16-12-36-13-17-41/h6-9,22-23,25,28-29,32,36,43H,10-21H2,1-5H3,(H,38,45)(H,39,44)/t23-,28+,29-,32+/m0/s1. The van der Waals surface area contributed by atoms with Crippen LogP contribution in [0.25, 0.3) is 10.4 Å². The number of aliphatic hydroxyl groups excluding tert-OH is 1. The largest absolute Gasteiger partial charge is 0.391 e. The van der Waals surface area contributed by atoms with Crippen molar-refractivity contribution in [3.05, 3.63) is 41.0 Å². The first-order valence-electron chi connectivity index (χ1n) is 17.1. The molecule has 3 saturated heterocycles. The molecule has 0 saturated carbocycles. The minimum Gasteiger partial charge on any atom is -0.391 e. The summed E-state index contributed by atoms with van der Waals surface area (Å²) < 4.78 is 0. The van der Waals surface area contributed by atoms with Crippen molar-refractivity contribution < 1.29 is 19.5 Å². The molecule has 1 aromatic carbocycles. The molecule has 2 aromatic rings. The van der Waals surface area contributed by atoms with Gasteiger partial charge < -0.3 is 30.9 Å². The van der Waals surface area contributed by atoms with Crippen molar-refractivity contribution in [3.8, 4) is 10.4 Å². The first kappa shape index (κ1) is 35.4. The van der Waals surface area contributed by atoms with Crippen LogP contribution < -0.4 is 16.0 Å². The highest BCUT2D eigenvalue weighted by Gasteiger charge is 2.44. The molecule has 4 heterocycles. The van der Waals surface area contributed by atoms with Gasteiger partial charge in [0.1, 0.15) is 12.1 Å². The Kier molecular flexibility index (Phi) is 11.7. The Morgan fingerprint density at radius 2 is 1.72 bits per heavy atom. The molecule has 3 aliphatic rings. The normalized spacial score (nSPS) is 23.0. The highest BCUT2D eigenvalue weighted by Crippen LogP contribution is 2.30. The second-order valence-electron chi connectivity index (χ2n) is 14.7. The van der Waals surface area contributed by atoms with Gasteiger partial charge in [-0.25, -0.2) is 4.98 Å². The minimum atomic E-state index is -0.832. The van der Waals surface area contributed by atoms with Crippen LogP contribution in [0.1, 0.15) is 64.3 Å². The molecule has 0 unspecified atom stereocenters. The number of piperidine rings is 1. The molecule has 12 heteroatoms. The van der Waals surface area contributed by atoms with Crippen molar-refractivity contribution in [3.63, 3.8) is 0 Å². The van der Waals surface area contributed by atoms with E-state index in [1.165, 1.54) is 4.90 Å². The molecule has 11 nitrogen and oxygen atoms in total. The Bertz CT molecular complexity index is 1360. The van der Waals surface area contributed by atoms with Crippen LogP contribution in [0.15, 0.2) is 29.8 Å². The number of amides is 3. The Morgan fingerprint density at radius 1 is 1.04 bits per heavy atom. The number of likely N-dealkylation sites (tertiary alicyclic amines) is 2. The Hall–Kier alpha value is -2.90. The summed E-state index contributed by atoms with van der Waals surface area (Å²) >= 11 is 1.59. The minimum absolute atomic E-state index is 0.0528. The first-order valence-corrected chi connectivity index (χ1v) is 18.0. The molecule has 0 bridgehead atoms. The van der Waals surface area contributed by atoms with Crippen LogP contribution in [0.5, 0.6) is 0 Å². The van der Waals surface area contributed by atoms with Crippen molar-refractivity contribution in [1.82, 2.24) is 35.6 Å². The van der Waals surface area contributed by atoms with Crippen LogP contribution in [0.3, 0.4) is 0 Å². The molecule has 3 aliphatic heterocycles. The van der Waals surface area contributed by atoms with Gasteiger partial charge >= 0.3 is 0 Å². The highest BCUT2D eigenvalue weighted by atomic mass is 32.1. The summed E-state index contributed by atoms with van der Waals surface area (Å²) in [7, 11) is 0. The predicted octanol–water partition coefficient (Wildman–Crippen LogP) is 2.41. The predicted molar refractivity (Wildman–Crippen MR) is 185 cm³/mol. The quantitative estimate of drug-likeness (QED) is 0.304. The number of benzene rings is 1. The second-order valence-corrected chi connectivity index (χ2v) is 15.5. The smallest absolute Gasteiger partial charge is 0.246 e. The van der Waals surface area contributed by atoms with Crippen molar-refractivity contribution in [2.24, 2.45) is 11.3 Å². The average Bonchev–Trinajstić information content (AvgIpc) is 3.66. The van der Waals surface area contributed by atoms with Gasteiger partial charge in [0.25, 0.3) is 0 Å². The van der Waals surface area contributed by atoms with Gasteiger partial charge in [-0.05, 0) is 62.2 Å². The average molecular weight is 668 g/mol. The van der Waals surface area contributed by atoms with Crippen LogP contribution in [0.4, 0.5) is 0 Å². The zero-order valence-electron chi connectivity index (χ0n) is 28.6. The molecule has 0 aliphatic carbocycles. The molecule has 3 fully saturated rings. The fourth-order valence-electron chi connectivity index (χ4n) is 7.01. The van der Waals surface area contributed by atoms with Gasteiger partial charge in [0.05, 0.1) is 34.8 Å². The van der Waals surface area contributed by atoms with E-state index in [-0.39, 0.29) is 43.3 Å². The molecule has 4 N–H and O–H groups in total. The lowest BCUT2D eigenvalue weighted by molar-refractivity contribution is -0.144. The lowest BCUT2D eigenvalue weighted by Crippen LogP contribution is -2.59. The Balaban J connectivity index is 1.16. The van der Waals surface area contributed by atoms with Crippen molar-refractivity contribution in [1.29, 1.82) is 0 Å². The fourth-order valence-corrected chi connectivity index (χ4v) is 7.82. The first-order chi connectivity index (χ1) is 22.4. The van der Waals surface area contributed by atoms with Gasteiger partial charge in [0.2, 0.25) is 17.7 Å². The summed E-state index contributed by atoms with van der Waals surface area (Å²) in [4.78, 5) is 52.6. The third kappa shape index (κ3) is 9.17. The van der Waals surface area contributed by atoms with E-state index in [0.717, 1.165) is 80.4 Å². The SMILES string of the molecule is Cc1ncsc1-c1ccc([C@H](C)NC(=O)[C@@H]2C[C@@H](O)CN2C(=O)[C@@H](NC(=O)CN2CCC(CN3CCNCC3)CC2)C(C)(C)C)cc1. The molecule has 0 radical (unpaired) electrons. The van der Waals surface area contributed by atoms with Crippen LogP contribution in [0.2, 0.25) is 0 Å². The number of β-amino-alcohol motifs (C(OH)–C–C–N with tert-alkyl or cyclic N) is 1. The summed E-state index contributed by atoms with van der Waals surface area (Å²) in [6, 6.07) is 6.09. The van der Waals surface area contributed by atoms with E-state index >= 15 is 0 Å². The molecule has 3 amide bonds. The maximum atomic E-state index is 14.0. The van der Waals surface area contributed by atoms with Crippen LogP contribution >= 0.6 is 11.3 Å². The van der Waals surface area contributed by atoms with Crippen LogP contribution in [0, 0.1) is 18.3 Å². The van der Waals surface area contributed by atoms with E-state index in [0.29, 0.717) is 5.92 Å². The third-order valence-electron chi connectivity index (χ3n) is 9.86. The molecule has 5 rings (SSSR count). The number of aryl methyl sites for hydroxylation is 1. The zero-order valence-corrected chi connectivity index (χ0v) is 29.4. The van der Waals surface area contributed by atoms with E-state index < -0.39 is 23.6 Å². The summed E-state index contributed by atoms with van der Waals surface area (Å²) in [6.45, 7) is 17.1. The number of piperazine rings is 1. The van der Waals surface area contributed by atoms with Crippen LogP contribution in [-0.2, 0) is 14.4 Å². The van der Waals surface area contributed by atoms with Gasteiger partial charge in [-0.2, -0.15) is 0 Å². The number of nitrogens with one attached hydrogen (secondary N) is 3. The van der Waals surface area contributed by atoms with E-state index in [1.807, 2.05) is 64.4 Å². The van der Waals surface area contributed by atoms with Crippen molar-refractivity contribution >= 4 is 29.1 Å². The number of nitrogens with zero attached hydrogens (tertiary/aromatic N) is 4. The van der Waals surface area contributed by atoms with Crippen molar-refractivity contribution in [2.45, 2.75) is 78.1 Å². The number of aromatic nitrogens is 1. The molecule has 47 heavy (non-hydrogen) atoms. The number of carbonyl (C=O) groups is 3. The monoisotopic (exact) mass is 667 g/mol. The number of aliphatic hydroxyl groups is 1. The number of rotatable bonds is 10. The van der Waals surface area contributed by atoms with Crippen molar-refractivity contribution in [2.75, 3.05) is 58.9 Å². The lowest BCUT2D eigenvalue weighted by Gasteiger charge is -2.37. The number of thiazole rings is 1. The Morgan fingerprint density at radius 3 is 2.34 bits per heavy atom. The number of hydrogen-bond acceptors (Lipinski definition) is 9. The summed E-state index contributed by atoms with van der Waals surface area (Å²) in [5.41, 5.74) is 4.24. The molecular formula is C35H53N7O4S. The van der Waals surface area contributed by atoms with Gasteiger partial charge in [0, 0.05) is 45.7 Å². The molecule has 258 valence electrons. The number of hydrogen-bond donors (Lipinski definition) is 4. The third-order valence-corrected chi connectivity index (χ3v) is 10.8. The molecule has 1 aromatic heterocycles. The van der Waals surface area contributed by atoms with E-state index in [2.05, 4.69) is 30.7 Å². The van der Waals surface area contributed by atoms with E-state index in [9.17, 15) is 19.5 Å². The molecular weight excluding hydrogens is 614 g/mol. The molecule has 4 atom stereocenters.